The van der Waals surface area contributed by atoms with E-state index in [0.29, 0.717) is 10.0 Å². The van der Waals surface area contributed by atoms with Crippen molar-refractivity contribution < 1.29 is 13.3 Å². The lowest BCUT2D eigenvalue weighted by Crippen LogP contribution is -2.14. The summed E-state index contributed by atoms with van der Waals surface area (Å²) in [5.41, 5.74) is 0.332. The molecule has 0 amide bonds. The first-order valence-electron chi connectivity index (χ1n) is 5.28. The molecule has 0 bridgehead atoms. The molecule has 0 aliphatic carbocycles. The van der Waals surface area contributed by atoms with Crippen LogP contribution in [0.1, 0.15) is 5.56 Å². The molecule has 2 aromatic rings. The molecule has 0 fully saturated rings. The Hall–Kier alpha value is -1.94. The van der Waals surface area contributed by atoms with Gasteiger partial charge < -0.3 is 0 Å². The third-order valence-corrected chi connectivity index (χ3v) is 4.44. The van der Waals surface area contributed by atoms with Gasteiger partial charge in [-0.3, -0.25) is 19.9 Å². The topological polar surface area (TPSA) is 118 Å². The van der Waals surface area contributed by atoms with Crippen LogP contribution in [0.3, 0.4) is 0 Å². The number of H-pyrrole nitrogens is 1. The van der Waals surface area contributed by atoms with Crippen LogP contribution in [0, 0.1) is 17.0 Å². The molecule has 20 heavy (non-hydrogen) atoms. The number of anilines is 1. The molecule has 10 heteroatoms. The number of nitro groups is 1. The number of aromatic nitrogens is 2. The molecular formula is C10H9BrN4O4S. The largest absolute Gasteiger partial charge is 0.278 e. The minimum absolute atomic E-state index is 0.0805. The minimum Gasteiger partial charge on any atom is -0.277 e. The molecule has 0 saturated carbocycles. The molecule has 0 atom stereocenters. The molecule has 0 aliphatic heterocycles. The van der Waals surface area contributed by atoms with E-state index in [1.54, 1.807) is 6.92 Å². The number of aryl methyl sites for hydroxylation is 1. The lowest BCUT2D eigenvalue weighted by atomic mass is 10.2. The second-order valence-electron chi connectivity index (χ2n) is 3.90. The zero-order valence-electron chi connectivity index (χ0n) is 10.1. The predicted molar refractivity (Wildman–Crippen MR) is 74.9 cm³/mol. The van der Waals surface area contributed by atoms with Crippen LogP contribution in [0.2, 0.25) is 0 Å². The molecule has 8 nitrogen and oxygen atoms in total. The van der Waals surface area contributed by atoms with Crippen LogP contribution in [0.4, 0.5) is 11.4 Å². The van der Waals surface area contributed by atoms with Crippen molar-refractivity contribution in [2.24, 2.45) is 0 Å². The number of halogens is 1. The first-order valence-corrected chi connectivity index (χ1v) is 7.55. The van der Waals surface area contributed by atoms with Gasteiger partial charge >= 0.3 is 0 Å². The molecule has 0 saturated heterocycles. The number of sulfonamides is 1. The number of aromatic amines is 1. The summed E-state index contributed by atoms with van der Waals surface area (Å²) in [6, 6.07) is 3.91. The first-order chi connectivity index (χ1) is 9.31. The second-order valence-corrected chi connectivity index (χ2v) is 6.41. The van der Waals surface area contributed by atoms with E-state index in [1.807, 2.05) is 0 Å². The van der Waals surface area contributed by atoms with Crippen molar-refractivity contribution in [3.8, 4) is 0 Å². The maximum Gasteiger partial charge on any atom is 0.278 e. The van der Waals surface area contributed by atoms with Crippen molar-refractivity contribution in [1.29, 1.82) is 0 Å². The van der Waals surface area contributed by atoms with E-state index in [2.05, 4.69) is 30.8 Å². The fraction of sp³-hybridized carbons (Fsp3) is 0.100. The van der Waals surface area contributed by atoms with Gasteiger partial charge in [0.25, 0.3) is 15.7 Å². The fourth-order valence-corrected chi connectivity index (χ4v) is 3.20. The van der Waals surface area contributed by atoms with Crippen LogP contribution in [0.15, 0.2) is 33.9 Å². The third-order valence-electron chi connectivity index (χ3n) is 2.49. The fourth-order valence-electron chi connectivity index (χ4n) is 1.53. The lowest BCUT2D eigenvalue weighted by molar-refractivity contribution is -0.385. The normalized spacial score (nSPS) is 11.3. The van der Waals surface area contributed by atoms with Gasteiger partial charge in [-0.25, -0.2) is 0 Å². The molecule has 0 radical (unpaired) electrons. The summed E-state index contributed by atoms with van der Waals surface area (Å²) < 4.78 is 26.7. The van der Waals surface area contributed by atoms with Crippen LogP contribution in [-0.2, 0) is 10.0 Å². The van der Waals surface area contributed by atoms with Gasteiger partial charge in [0.15, 0.2) is 5.03 Å². The Kier molecular flexibility index (Phi) is 3.77. The number of benzene rings is 1. The Morgan fingerprint density at radius 2 is 2.15 bits per heavy atom. The highest BCUT2D eigenvalue weighted by Gasteiger charge is 2.20. The summed E-state index contributed by atoms with van der Waals surface area (Å²) in [5, 5.41) is 16.6. The van der Waals surface area contributed by atoms with Crippen LogP contribution >= 0.6 is 15.9 Å². The smallest absolute Gasteiger partial charge is 0.277 e. The SMILES string of the molecule is Cc1cc(Br)c(NS(=O)(=O)c2ccn[nH]2)cc1[N+](=O)[O-]. The van der Waals surface area contributed by atoms with Crippen LogP contribution < -0.4 is 4.72 Å². The predicted octanol–water partition coefficient (Wildman–Crippen LogP) is 2.19. The number of nitro benzene ring substituents is 1. The highest BCUT2D eigenvalue weighted by molar-refractivity contribution is 9.10. The van der Waals surface area contributed by atoms with Crippen molar-refractivity contribution in [2.75, 3.05) is 4.72 Å². The molecule has 0 unspecified atom stereocenters. The Bertz CT molecular complexity index is 758. The molecule has 106 valence electrons. The Labute approximate surface area is 122 Å². The van der Waals surface area contributed by atoms with Crippen LogP contribution in [0.25, 0.3) is 0 Å². The van der Waals surface area contributed by atoms with Gasteiger partial charge in [-0.15, -0.1) is 0 Å². The zero-order valence-corrected chi connectivity index (χ0v) is 12.5. The Balaban J connectivity index is 2.44. The zero-order chi connectivity index (χ0) is 14.9. The van der Waals surface area contributed by atoms with Gasteiger partial charge in [-0.2, -0.15) is 13.5 Å². The van der Waals surface area contributed by atoms with E-state index in [4.69, 9.17) is 0 Å². The molecule has 0 spiro atoms. The van der Waals surface area contributed by atoms with Gasteiger partial charge in [0.05, 0.1) is 16.8 Å². The van der Waals surface area contributed by atoms with Gasteiger partial charge in [-0.1, -0.05) is 0 Å². The minimum atomic E-state index is -3.87. The summed E-state index contributed by atoms with van der Waals surface area (Å²) in [7, 11) is -3.87. The van der Waals surface area contributed by atoms with E-state index in [1.165, 1.54) is 18.3 Å². The highest BCUT2D eigenvalue weighted by Crippen LogP contribution is 2.31. The van der Waals surface area contributed by atoms with Gasteiger partial charge in [0, 0.05) is 16.1 Å². The molecule has 1 aromatic heterocycles. The maximum atomic E-state index is 12.0. The Morgan fingerprint density at radius 1 is 1.45 bits per heavy atom. The summed E-state index contributed by atoms with van der Waals surface area (Å²) in [5.74, 6) is 0. The molecule has 1 heterocycles. The second kappa shape index (κ2) is 5.21. The van der Waals surface area contributed by atoms with Gasteiger partial charge in [0.2, 0.25) is 0 Å². The first kappa shape index (κ1) is 14.5. The van der Waals surface area contributed by atoms with Gasteiger partial charge in [0.1, 0.15) is 0 Å². The van der Waals surface area contributed by atoms with Crippen molar-refractivity contribution in [2.45, 2.75) is 11.9 Å². The monoisotopic (exact) mass is 360 g/mol. The van der Waals surface area contributed by atoms with Gasteiger partial charge in [-0.05, 0) is 35.0 Å². The number of hydrogen-bond acceptors (Lipinski definition) is 5. The molecule has 2 rings (SSSR count). The maximum absolute atomic E-state index is 12.0. The number of rotatable bonds is 4. The third kappa shape index (κ3) is 2.80. The van der Waals surface area contributed by atoms with Crippen molar-refractivity contribution in [1.82, 2.24) is 10.2 Å². The summed E-state index contributed by atoms with van der Waals surface area (Å²) in [6.07, 6.45) is 1.29. The van der Waals surface area contributed by atoms with Crippen LogP contribution in [-0.4, -0.2) is 23.5 Å². The van der Waals surface area contributed by atoms with Crippen LogP contribution in [0.5, 0.6) is 0 Å². The quantitative estimate of drug-likeness (QED) is 0.639. The average molecular weight is 361 g/mol. The van der Waals surface area contributed by atoms with E-state index >= 15 is 0 Å². The summed E-state index contributed by atoms with van der Waals surface area (Å²) >= 11 is 3.17. The van der Waals surface area contributed by atoms with E-state index in [-0.39, 0.29) is 16.4 Å². The molecular weight excluding hydrogens is 352 g/mol. The standard InChI is InChI=1S/C10H9BrN4O4S/c1-6-4-7(11)8(5-9(6)15(16)17)14-20(18,19)10-2-3-12-13-10/h2-5,14H,1H3,(H,12,13). The van der Waals surface area contributed by atoms with E-state index in [0.717, 1.165) is 6.07 Å². The molecule has 2 N–H and O–H groups in total. The van der Waals surface area contributed by atoms with Crippen molar-refractivity contribution >= 4 is 37.3 Å². The van der Waals surface area contributed by atoms with E-state index in [9.17, 15) is 18.5 Å². The van der Waals surface area contributed by atoms with E-state index < -0.39 is 14.9 Å². The molecule has 1 aromatic carbocycles. The highest BCUT2D eigenvalue weighted by atomic mass is 79.9. The lowest BCUT2D eigenvalue weighted by Gasteiger charge is -2.09. The average Bonchev–Trinajstić information content (AvgIpc) is 2.86. The number of nitrogens with one attached hydrogen (secondary N) is 2. The van der Waals surface area contributed by atoms with Crippen molar-refractivity contribution in [3.05, 3.63) is 44.5 Å². The molecule has 0 aliphatic rings. The Morgan fingerprint density at radius 3 is 2.70 bits per heavy atom. The summed E-state index contributed by atoms with van der Waals surface area (Å²) in [4.78, 5) is 10.3. The van der Waals surface area contributed by atoms with Crippen molar-refractivity contribution in [3.63, 3.8) is 0 Å². The summed E-state index contributed by atoms with van der Waals surface area (Å²) in [6.45, 7) is 1.57. The number of hydrogen-bond donors (Lipinski definition) is 2. The number of nitrogens with zero attached hydrogens (tertiary/aromatic N) is 2.